The molecule has 0 fully saturated rings. The Hall–Kier alpha value is -1.32. The van der Waals surface area contributed by atoms with Crippen LogP contribution in [0.15, 0.2) is 38.2 Å². The smallest absolute Gasteiger partial charge is 0.227 e. The quantitative estimate of drug-likeness (QED) is 0.787. The highest BCUT2D eigenvalue weighted by Gasteiger charge is 2.06. The summed E-state index contributed by atoms with van der Waals surface area (Å²) < 4.78 is 6.10. The van der Waals surface area contributed by atoms with Crippen molar-refractivity contribution in [1.82, 2.24) is 10.1 Å². The first kappa shape index (κ1) is 13.1. The van der Waals surface area contributed by atoms with Gasteiger partial charge in [0.05, 0.1) is 11.8 Å². The van der Waals surface area contributed by atoms with E-state index >= 15 is 0 Å². The van der Waals surface area contributed by atoms with E-state index in [0.717, 1.165) is 9.37 Å². The van der Waals surface area contributed by atoms with E-state index < -0.39 is 0 Å². The van der Waals surface area contributed by atoms with Crippen molar-refractivity contribution in [2.75, 3.05) is 0 Å². The molecule has 1 heterocycles. The lowest BCUT2D eigenvalue weighted by atomic mass is 10.3. The Bertz CT molecular complexity index is 547. The molecule has 0 radical (unpaired) electrons. The number of hydrogen-bond donors (Lipinski definition) is 0. The average molecular weight is 324 g/mol. The van der Waals surface area contributed by atoms with E-state index in [1.807, 2.05) is 24.3 Å². The number of benzene rings is 1. The normalized spacial score (nSPS) is 10.2. The molecule has 0 saturated carbocycles. The molecule has 0 aliphatic carbocycles. The fourth-order valence-electron chi connectivity index (χ4n) is 1.29. The van der Waals surface area contributed by atoms with Crippen molar-refractivity contribution in [3.63, 3.8) is 0 Å². The lowest BCUT2D eigenvalue weighted by Gasteiger charge is -1.97. The largest absolute Gasteiger partial charge is 0.339 e. The molecule has 1 aromatic heterocycles. The molecule has 0 aliphatic heterocycles. The summed E-state index contributed by atoms with van der Waals surface area (Å²) in [5.41, 5.74) is 0. The zero-order valence-corrected chi connectivity index (χ0v) is 11.9. The molecule has 0 amide bonds. The Morgan fingerprint density at radius 3 is 2.83 bits per heavy atom. The molecule has 0 bridgehead atoms. The van der Waals surface area contributed by atoms with Crippen molar-refractivity contribution < 1.29 is 4.52 Å². The van der Waals surface area contributed by atoms with Crippen molar-refractivity contribution in [3.05, 3.63) is 40.5 Å². The van der Waals surface area contributed by atoms with E-state index in [-0.39, 0.29) is 0 Å². The fraction of sp³-hybridized carbons (Fsp3) is 0.250. The van der Waals surface area contributed by atoms with Crippen LogP contribution >= 0.6 is 27.7 Å². The Kier molecular flexibility index (Phi) is 4.79. The number of nitriles is 1. The summed E-state index contributed by atoms with van der Waals surface area (Å²) in [6.45, 7) is 0. The molecule has 6 heteroatoms. The molecule has 0 atom stereocenters. The Balaban J connectivity index is 1.88. The summed E-state index contributed by atoms with van der Waals surface area (Å²) in [6.07, 6.45) is 0.925. The van der Waals surface area contributed by atoms with Crippen LogP contribution in [0, 0.1) is 11.3 Å². The summed E-state index contributed by atoms with van der Waals surface area (Å²) in [4.78, 5) is 5.38. The van der Waals surface area contributed by atoms with E-state index in [0.29, 0.717) is 30.3 Å². The van der Waals surface area contributed by atoms with Gasteiger partial charge in [0.2, 0.25) is 5.89 Å². The maximum atomic E-state index is 8.46. The van der Waals surface area contributed by atoms with Crippen LogP contribution in [0.5, 0.6) is 0 Å². The van der Waals surface area contributed by atoms with Gasteiger partial charge in [-0.25, -0.2) is 0 Å². The minimum absolute atomic E-state index is 0.404. The fourth-order valence-corrected chi connectivity index (χ4v) is 2.30. The number of halogens is 1. The Morgan fingerprint density at radius 1 is 1.33 bits per heavy atom. The first-order valence-electron chi connectivity index (χ1n) is 5.34. The van der Waals surface area contributed by atoms with Gasteiger partial charge in [-0.1, -0.05) is 21.1 Å². The van der Waals surface area contributed by atoms with Crippen molar-refractivity contribution in [2.24, 2.45) is 0 Å². The highest BCUT2D eigenvalue weighted by atomic mass is 79.9. The minimum atomic E-state index is 0.404. The average Bonchev–Trinajstić information content (AvgIpc) is 2.84. The Morgan fingerprint density at radius 2 is 2.11 bits per heavy atom. The summed E-state index contributed by atoms with van der Waals surface area (Å²) in [5, 5.41) is 12.3. The van der Waals surface area contributed by atoms with Gasteiger partial charge in [-0.3, -0.25) is 0 Å². The second-order valence-corrected chi connectivity index (χ2v) is 5.47. The lowest BCUT2D eigenvalue weighted by Crippen LogP contribution is -1.86. The molecule has 18 heavy (non-hydrogen) atoms. The number of aromatic nitrogens is 2. The number of nitrogens with zero attached hydrogens (tertiary/aromatic N) is 3. The van der Waals surface area contributed by atoms with Crippen molar-refractivity contribution in [3.8, 4) is 6.07 Å². The standard InChI is InChI=1S/C12H10BrN3OS/c13-9-3-5-10(6-4-9)18-8-11-15-12(17-16-11)2-1-7-14/h3-6H,1-2,8H2. The minimum Gasteiger partial charge on any atom is -0.339 e. The van der Waals surface area contributed by atoms with Crippen LogP contribution in [-0.2, 0) is 12.2 Å². The summed E-state index contributed by atoms with van der Waals surface area (Å²) in [6, 6.07) is 10.1. The third-order valence-electron chi connectivity index (χ3n) is 2.14. The molecule has 1 aromatic carbocycles. The van der Waals surface area contributed by atoms with E-state index in [4.69, 9.17) is 9.78 Å². The van der Waals surface area contributed by atoms with Gasteiger partial charge >= 0.3 is 0 Å². The zero-order valence-electron chi connectivity index (χ0n) is 9.47. The molecule has 4 nitrogen and oxygen atoms in total. The molecular formula is C12H10BrN3OS. The van der Waals surface area contributed by atoms with Gasteiger partial charge in [-0.15, -0.1) is 11.8 Å². The summed E-state index contributed by atoms with van der Waals surface area (Å²) >= 11 is 5.04. The highest BCUT2D eigenvalue weighted by Crippen LogP contribution is 2.23. The van der Waals surface area contributed by atoms with Gasteiger partial charge in [-0.2, -0.15) is 10.2 Å². The van der Waals surface area contributed by atoms with E-state index in [2.05, 4.69) is 32.1 Å². The number of hydrogen-bond acceptors (Lipinski definition) is 5. The zero-order chi connectivity index (χ0) is 12.8. The second-order valence-electron chi connectivity index (χ2n) is 3.51. The maximum absolute atomic E-state index is 8.46. The number of aryl methyl sites for hydroxylation is 1. The van der Waals surface area contributed by atoms with Crippen LogP contribution in [0.1, 0.15) is 18.1 Å². The maximum Gasteiger partial charge on any atom is 0.227 e. The SMILES string of the molecule is N#CCCc1nc(CSc2ccc(Br)cc2)no1. The van der Waals surface area contributed by atoms with Crippen LogP contribution in [0.2, 0.25) is 0 Å². The monoisotopic (exact) mass is 323 g/mol. The molecule has 2 aromatic rings. The van der Waals surface area contributed by atoms with E-state index in [9.17, 15) is 0 Å². The summed E-state index contributed by atoms with van der Waals surface area (Å²) in [7, 11) is 0. The van der Waals surface area contributed by atoms with Gasteiger partial charge in [0.1, 0.15) is 0 Å². The van der Waals surface area contributed by atoms with Crippen LogP contribution in [0.4, 0.5) is 0 Å². The topological polar surface area (TPSA) is 62.7 Å². The first-order valence-corrected chi connectivity index (χ1v) is 7.12. The Labute approximate surface area is 118 Å². The summed E-state index contributed by atoms with van der Waals surface area (Å²) in [5.74, 6) is 1.86. The predicted octanol–water partition coefficient (Wildman–Crippen LogP) is 3.58. The molecule has 2 rings (SSSR count). The van der Waals surface area contributed by atoms with Gasteiger partial charge in [0, 0.05) is 22.2 Å². The van der Waals surface area contributed by atoms with Gasteiger partial charge in [0.25, 0.3) is 0 Å². The predicted molar refractivity (Wildman–Crippen MR) is 71.9 cm³/mol. The van der Waals surface area contributed by atoms with Crippen LogP contribution < -0.4 is 0 Å². The van der Waals surface area contributed by atoms with Gasteiger partial charge in [-0.05, 0) is 24.3 Å². The number of thioether (sulfide) groups is 1. The second kappa shape index (κ2) is 6.57. The molecule has 0 unspecified atom stereocenters. The molecule has 92 valence electrons. The van der Waals surface area contributed by atoms with Gasteiger partial charge < -0.3 is 4.52 Å². The third-order valence-corrected chi connectivity index (χ3v) is 3.68. The third kappa shape index (κ3) is 3.86. The van der Waals surface area contributed by atoms with Crippen molar-refractivity contribution in [2.45, 2.75) is 23.5 Å². The molecule has 0 aliphatic rings. The molecule has 0 saturated heterocycles. The van der Waals surface area contributed by atoms with Crippen LogP contribution in [0.3, 0.4) is 0 Å². The van der Waals surface area contributed by atoms with Crippen molar-refractivity contribution in [1.29, 1.82) is 5.26 Å². The first-order chi connectivity index (χ1) is 8.78. The van der Waals surface area contributed by atoms with E-state index in [1.54, 1.807) is 11.8 Å². The molecule has 0 spiro atoms. The molecular weight excluding hydrogens is 314 g/mol. The van der Waals surface area contributed by atoms with Crippen molar-refractivity contribution >= 4 is 27.7 Å². The van der Waals surface area contributed by atoms with Crippen LogP contribution in [-0.4, -0.2) is 10.1 Å². The lowest BCUT2D eigenvalue weighted by molar-refractivity contribution is 0.375. The molecule has 0 N–H and O–H groups in total. The van der Waals surface area contributed by atoms with Gasteiger partial charge in [0.15, 0.2) is 5.82 Å². The highest BCUT2D eigenvalue weighted by molar-refractivity contribution is 9.10. The number of rotatable bonds is 5. The van der Waals surface area contributed by atoms with Crippen LogP contribution in [0.25, 0.3) is 0 Å². The van der Waals surface area contributed by atoms with E-state index in [1.165, 1.54) is 0 Å².